The van der Waals surface area contributed by atoms with Crippen molar-refractivity contribution in [3.05, 3.63) is 101 Å². The van der Waals surface area contributed by atoms with E-state index >= 15 is 0 Å². The van der Waals surface area contributed by atoms with Crippen molar-refractivity contribution in [2.45, 2.75) is 74.9 Å². The summed E-state index contributed by atoms with van der Waals surface area (Å²) >= 11 is 0. The minimum atomic E-state index is -4.01. The van der Waals surface area contributed by atoms with Crippen molar-refractivity contribution >= 4 is 27.7 Å². The van der Waals surface area contributed by atoms with Crippen molar-refractivity contribution in [2.24, 2.45) is 0 Å². The lowest BCUT2D eigenvalue weighted by atomic mass is 9.94. The van der Waals surface area contributed by atoms with Crippen molar-refractivity contribution in [3.8, 4) is 0 Å². The maximum Gasteiger partial charge on any atom is 0.269 e. The molecule has 10 heteroatoms. The summed E-state index contributed by atoms with van der Waals surface area (Å²) in [6.07, 6.45) is 5.05. The van der Waals surface area contributed by atoms with Gasteiger partial charge in [-0.1, -0.05) is 79.9 Å². The first-order valence-electron chi connectivity index (χ1n) is 14.8. The monoisotopic (exact) mass is 605 g/mol. The molecule has 0 saturated heterocycles. The number of amides is 3. The fourth-order valence-corrected chi connectivity index (χ4v) is 7.49. The average Bonchev–Trinajstić information content (AvgIpc) is 3.21. The number of fused-ring (bicyclic) bond motifs is 1. The number of carbonyl (C=O) groups is 3. The van der Waals surface area contributed by atoms with Crippen LogP contribution in [0.3, 0.4) is 0 Å². The van der Waals surface area contributed by atoms with E-state index < -0.39 is 33.7 Å². The fourth-order valence-electron chi connectivity index (χ4n) is 5.88. The highest BCUT2D eigenvalue weighted by atomic mass is 32.2. The van der Waals surface area contributed by atoms with Crippen LogP contribution in [0.25, 0.3) is 0 Å². The minimum Gasteiger partial charge on any atom is -0.352 e. The Balaban J connectivity index is 1.38. The standard InChI is InChI=1S/C33H36FN3O5S/c34-28-18-9-7-14-25(28)23-36(29(22-24-12-3-1-4-13-24)32(39)35-26-15-5-2-6-16-26)31(38)20-11-21-37-33(40)27-17-8-10-19-30(27)43(37,41)42/h1,3-4,7-10,12-14,17-19,26,29H,2,5-6,11,15-16,20-23H2,(H,35,39)/t29-/m0/s1. The van der Waals surface area contributed by atoms with Gasteiger partial charge in [0.25, 0.3) is 15.9 Å². The summed E-state index contributed by atoms with van der Waals surface area (Å²) in [6.45, 7) is -0.319. The lowest BCUT2D eigenvalue weighted by Gasteiger charge is -2.33. The second-order valence-electron chi connectivity index (χ2n) is 11.1. The van der Waals surface area contributed by atoms with Gasteiger partial charge >= 0.3 is 0 Å². The molecule has 5 rings (SSSR count). The van der Waals surface area contributed by atoms with Gasteiger partial charge in [0, 0.05) is 37.5 Å². The third-order valence-corrected chi connectivity index (χ3v) is 10.0. The maximum absolute atomic E-state index is 14.8. The van der Waals surface area contributed by atoms with Gasteiger partial charge in [0.15, 0.2) is 0 Å². The van der Waals surface area contributed by atoms with Gasteiger partial charge in [0.1, 0.15) is 16.8 Å². The molecule has 0 spiro atoms. The molecule has 2 aliphatic rings. The average molecular weight is 606 g/mol. The van der Waals surface area contributed by atoms with Crippen LogP contribution < -0.4 is 5.32 Å². The molecule has 1 aliphatic carbocycles. The Hall–Kier alpha value is -4.05. The molecule has 226 valence electrons. The molecular weight excluding hydrogens is 569 g/mol. The molecule has 43 heavy (non-hydrogen) atoms. The van der Waals surface area contributed by atoms with Gasteiger partial charge in [0.2, 0.25) is 11.8 Å². The zero-order valence-corrected chi connectivity index (χ0v) is 24.8. The first-order valence-corrected chi connectivity index (χ1v) is 16.2. The van der Waals surface area contributed by atoms with Crippen LogP contribution in [0, 0.1) is 5.82 Å². The number of sulfonamides is 1. The quantitative estimate of drug-likeness (QED) is 0.337. The summed E-state index contributed by atoms with van der Waals surface area (Å²) in [4.78, 5) is 41.9. The molecule has 1 saturated carbocycles. The summed E-state index contributed by atoms with van der Waals surface area (Å²) in [7, 11) is -4.01. The van der Waals surface area contributed by atoms with Crippen LogP contribution in [-0.4, -0.2) is 54.0 Å². The molecule has 1 aliphatic heterocycles. The first kappa shape index (κ1) is 30.4. The molecule has 3 amide bonds. The van der Waals surface area contributed by atoms with Gasteiger partial charge in [-0.15, -0.1) is 0 Å². The number of rotatable bonds is 11. The first-order chi connectivity index (χ1) is 20.8. The van der Waals surface area contributed by atoms with Crippen molar-refractivity contribution in [3.63, 3.8) is 0 Å². The molecule has 0 aromatic heterocycles. The Morgan fingerprint density at radius 3 is 2.33 bits per heavy atom. The number of carbonyl (C=O) groups excluding carboxylic acids is 3. The fraction of sp³-hybridized carbons (Fsp3) is 0.364. The molecule has 0 unspecified atom stereocenters. The smallest absolute Gasteiger partial charge is 0.269 e. The van der Waals surface area contributed by atoms with E-state index in [0.29, 0.717) is 0 Å². The Morgan fingerprint density at radius 2 is 1.60 bits per heavy atom. The number of nitrogens with zero attached hydrogens (tertiary/aromatic N) is 2. The summed E-state index contributed by atoms with van der Waals surface area (Å²) in [5.41, 5.74) is 1.23. The highest BCUT2D eigenvalue weighted by molar-refractivity contribution is 7.90. The van der Waals surface area contributed by atoms with Gasteiger partial charge in [-0.2, -0.15) is 0 Å². The predicted octanol–water partition coefficient (Wildman–Crippen LogP) is 4.84. The van der Waals surface area contributed by atoms with Crippen molar-refractivity contribution in [1.29, 1.82) is 0 Å². The van der Waals surface area contributed by atoms with E-state index in [0.717, 1.165) is 42.0 Å². The molecule has 8 nitrogen and oxygen atoms in total. The zero-order chi connectivity index (χ0) is 30.4. The van der Waals surface area contributed by atoms with Gasteiger partial charge < -0.3 is 10.2 Å². The third-order valence-electron chi connectivity index (χ3n) is 8.19. The molecule has 3 aromatic rings. The van der Waals surface area contributed by atoms with Crippen LogP contribution in [0.15, 0.2) is 83.8 Å². The van der Waals surface area contributed by atoms with Crippen LogP contribution in [0.5, 0.6) is 0 Å². The molecule has 1 heterocycles. The highest BCUT2D eigenvalue weighted by Crippen LogP contribution is 2.30. The van der Waals surface area contributed by atoms with Crippen molar-refractivity contribution in [2.75, 3.05) is 6.54 Å². The topological polar surface area (TPSA) is 104 Å². The molecule has 0 bridgehead atoms. The summed E-state index contributed by atoms with van der Waals surface area (Å²) < 4.78 is 41.6. The number of halogens is 1. The second-order valence-corrected chi connectivity index (χ2v) is 13.0. The number of benzene rings is 3. The summed E-state index contributed by atoms with van der Waals surface area (Å²) in [6, 6.07) is 20.6. The van der Waals surface area contributed by atoms with Crippen molar-refractivity contribution < 1.29 is 27.2 Å². The van der Waals surface area contributed by atoms with E-state index in [1.165, 1.54) is 23.1 Å². The molecule has 0 radical (unpaired) electrons. The van der Waals surface area contributed by atoms with E-state index in [1.54, 1.807) is 30.3 Å². The van der Waals surface area contributed by atoms with Crippen LogP contribution in [0.4, 0.5) is 4.39 Å². The maximum atomic E-state index is 14.8. The van der Waals surface area contributed by atoms with Gasteiger partial charge in [0.05, 0.1) is 5.56 Å². The normalized spacial score (nSPS) is 16.9. The molecule has 1 N–H and O–H groups in total. The Bertz CT molecular complexity index is 1570. The van der Waals surface area contributed by atoms with Crippen LogP contribution >= 0.6 is 0 Å². The van der Waals surface area contributed by atoms with E-state index in [-0.39, 0.29) is 60.3 Å². The Labute approximate surface area is 251 Å². The second kappa shape index (κ2) is 13.5. The Kier molecular flexibility index (Phi) is 9.55. The number of hydrogen-bond donors (Lipinski definition) is 1. The van der Waals surface area contributed by atoms with E-state index in [1.807, 2.05) is 30.3 Å². The molecule has 1 atom stereocenters. The molecule has 1 fully saturated rings. The largest absolute Gasteiger partial charge is 0.352 e. The van der Waals surface area contributed by atoms with Gasteiger partial charge in [-0.05, 0) is 43.0 Å². The van der Waals surface area contributed by atoms with Crippen LogP contribution in [0.1, 0.15) is 66.4 Å². The van der Waals surface area contributed by atoms with Crippen molar-refractivity contribution in [1.82, 2.24) is 14.5 Å². The lowest BCUT2D eigenvalue weighted by molar-refractivity contribution is -0.141. The van der Waals surface area contributed by atoms with Gasteiger partial charge in [-0.25, -0.2) is 17.1 Å². The highest BCUT2D eigenvalue weighted by Gasteiger charge is 2.40. The Morgan fingerprint density at radius 1 is 0.930 bits per heavy atom. The summed E-state index contributed by atoms with van der Waals surface area (Å²) in [5.74, 6) is -1.84. The van der Waals surface area contributed by atoms with Gasteiger partial charge in [-0.3, -0.25) is 14.4 Å². The number of nitrogens with one attached hydrogen (secondary N) is 1. The van der Waals surface area contributed by atoms with E-state index in [9.17, 15) is 27.2 Å². The number of hydrogen-bond acceptors (Lipinski definition) is 5. The molecular formula is C33H36FN3O5S. The predicted molar refractivity (Wildman–Crippen MR) is 160 cm³/mol. The van der Waals surface area contributed by atoms with E-state index in [2.05, 4.69) is 5.32 Å². The minimum absolute atomic E-state index is 0.0120. The van der Waals surface area contributed by atoms with Crippen LogP contribution in [0.2, 0.25) is 0 Å². The zero-order valence-electron chi connectivity index (χ0n) is 24.0. The lowest BCUT2D eigenvalue weighted by Crippen LogP contribution is -2.53. The molecule has 3 aromatic carbocycles. The summed E-state index contributed by atoms with van der Waals surface area (Å²) in [5, 5.41) is 3.14. The third kappa shape index (κ3) is 6.96. The van der Waals surface area contributed by atoms with E-state index in [4.69, 9.17) is 0 Å². The SMILES string of the molecule is O=C(NC1CCCCC1)[C@H](Cc1ccccc1)N(Cc1ccccc1F)C(=O)CCCN1C(=O)c2ccccc2S1(=O)=O. The van der Waals surface area contributed by atoms with Crippen LogP contribution in [-0.2, 0) is 32.6 Å².